The van der Waals surface area contributed by atoms with Crippen LogP contribution in [0.4, 0.5) is 5.69 Å². The fraction of sp³-hybridized carbons (Fsp3) is 0.312. The van der Waals surface area contributed by atoms with E-state index in [-0.39, 0.29) is 11.6 Å². The van der Waals surface area contributed by atoms with Crippen LogP contribution >= 0.6 is 15.9 Å². The molecule has 0 amide bonds. The lowest BCUT2D eigenvalue weighted by Crippen LogP contribution is -2.21. The van der Waals surface area contributed by atoms with E-state index in [1.54, 1.807) is 6.07 Å². The fourth-order valence-corrected chi connectivity index (χ4v) is 3.48. The average molecular weight is 333 g/mol. The molecule has 1 atom stereocenters. The van der Waals surface area contributed by atoms with Crippen molar-refractivity contribution in [1.29, 1.82) is 0 Å². The molecule has 3 nitrogen and oxygen atoms in total. The summed E-state index contributed by atoms with van der Waals surface area (Å²) in [5.74, 6) is 0. The molecule has 1 aromatic carbocycles. The maximum Gasteiger partial charge on any atom is 0.248 e. The minimum absolute atomic E-state index is 0.0114. The van der Waals surface area contributed by atoms with Crippen LogP contribution in [0.1, 0.15) is 35.7 Å². The number of aryl methyl sites for hydroxylation is 2. The van der Waals surface area contributed by atoms with Crippen LogP contribution in [-0.2, 0) is 6.42 Å². The molecule has 4 heteroatoms. The van der Waals surface area contributed by atoms with Crippen molar-refractivity contribution in [1.82, 2.24) is 4.98 Å². The van der Waals surface area contributed by atoms with Gasteiger partial charge in [-0.2, -0.15) is 0 Å². The predicted molar refractivity (Wildman–Crippen MR) is 85.2 cm³/mol. The number of fused-ring (bicyclic) bond motifs is 1. The minimum Gasteiger partial charge on any atom is -0.378 e. The number of hydrogen-bond donors (Lipinski definition) is 2. The molecule has 0 bridgehead atoms. The van der Waals surface area contributed by atoms with E-state index in [1.807, 2.05) is 6.07 Å². The Kier molecular flexibility index (Phi) is 3.66. The lowest BCUT2D eigenvalue weighted by Gasteiger charge is -2.27. The summed E-state index contributed by atoms with van der Waals surface area (Å²) in [5.41, 5.74) is 4.62. The summed E-state index contributed by atoms with van der Waals surface area (Å²) in [6, 6.07) is 10.2. The smallest absolute Gasteiger partial charge is 0.248 e. The normalized spacial score (nSPS) is 17.6. The average Bonchev–Trinajstić information content (AvgIpc) is 2.37. The molecule has 104 valence electrons. The summed E-state index contributed by atoms with van der Waals surface area (Å²) < 4.78 is 1.08. The van der Waals surface area contributed by atoms with Gasteiger partial charge in [0.1, 0.15) is 0 Å². The van der Waals surface area contributed by atoms with Crippen LogP contribution in [-0.4, -0.2) is 4.98 Å². The van der Waals surface area contributed by atoms with Gasteiger partial charge in [-0.1, -0.05) is 15.9 Å². The highest BCUT2D eigenvalue weighted by atomic mass is 79.9. The van der Waals surface area contributed by atoms with E-state index < -0.39 is 0 Å². The zero-order valence-electron chi connectivity index (χ0n) is 11.4. The highest BCUT2D eigenvalue weighted by Crippen LogP contribution is 2.31. The number of aromatic amines is 1. The number of hydrogen-bond acceptors (Lipinski definition) is 2. The third-order valence-electron chi connectivity index (χ3n) is 3.71. The third kappa shape index (κ3) is 2.80. The Labute approximate surface area is 126 Å². The van der Waals surface area contributed by atoms with Crippen molar-refractivity contribution in [3.05, 3.63) is 62.0 Å². The van der Waals surface area contributed by atoms with Gasteiger partial charge < -0.3 is 10.3 Å². The number of aromatic nitrogens is 1. The highest BCUT2D eigenvalue weighted by Gasteiger charge is 2.20. The Bertz CT molecular complexity index is 673. The summed E-state index contributed by atoms with van der Waals surface area (Å²) in [5, 5.41) is 3.59. The van der Waals surface area contributed by atoms with Crippen LogP contribution in [0.25, 0.3) is 0 Å². The monoisotopic (exact) mass is 332 g/mol. The van der Waals surface area contributed by atoms with Crippen LogP contribution in [0, 0.1) is 6.92 Å². The number of H-pyrrole nitrogens is 1. The summed E-state index contributed by atoms with van der Waals surface area (Å²) in [4.78, 5) is 14.4. The van der Waals surface area contributed by atoms with Gasteiger partial charge in [-0.25, -0.2) is 0 Å². The minimum atomic E-state index is -0.0114. The number of rotatable bonds is 2. The summed E-state index contributed by atoms with van der Waals surface area (Å²) in [7, 11) is 0. The zero-order valence-corrected chi connectivity index (χ0v) is 13.0. The van der Waals surface area contributed by atoms with Gasteiger partial charge in [0.05, 0.1) is 6.04 Å². The van der Waals surface area contributed by atoms with Crippen LogP contribution in [0.15, 0.2) is 39.6 Å². The number of anilines is 1. The first kappa shape index (κ1) is 13.4. The quantitative estimate of drug-likeness (QED) is 0.874. The number of nitrogens with one attached hydrogen (secondary N) is 2. The van der Waals surface area contributed by atoms with Gasteiger partial charge in [-0.3, -0.25) is 4.79 Å². The molecule has 1 aliphatic rings. The van der Waals surface area contributed by atoms with Gasteiger partial charge in [0.25, 0.3) is 0 Å². The van der Waals surface area contributed by atoms with Crippen molar-refractivity contribution in [2.24, 2.45) is 0 Å². The summed E-state index contributed by atoms with van der Waals surface area (Å²) >= 11 is 3.53. The van der Waals surface area contributed by atoms with Crippen LogP contribution in [0.3, 0.4) is 0 Å². The van der Waals surface area contributed by atoms with Crippen LogP contribution < -0.4 is 10.9 Å². The first-order valence-electron chi connectivity index (χ1n) is 6.87. The lowest BCUT2D eigenvalue weighted by atomic mass is 9.91. The van der Waals surface area contributed by atoms with E-state index in [4.69, 9.17) is 0 Å². The van der Waals surface area contributed by atoms with E-state index in [1.165, 1.54) is 11.1 Å². The SMILES string of the molecule is Cc1cc(Br)cc(NC2CCCc3[nH]c(=O)ccc32)c1. The molecule has 2 aromatic rings. The van der Waals surface area contributed by atoms with Gasteiger partial charge in [-0.05, 0) is 61.6 Å². The lowest BCUT2D eigenvalue weighted by molar-refractivity contribution is 0.587. The zero-order chi connectivity index (χ0) is 14.1. The molecule has 0 fully saturated rings. The standard InChI is InChI=1S/C16H17BrN2O/c1-10-7-11(17)9-12(8-10)18-14-3-2-4-15-13(14)5-6-16(20)19-15/h5-9,14,18H,2-4H2,1H3,(H,19,20). The first-order chi connectivity index (χ1) is 9.61. The topological polar surface area (TPSA) is 44.9 Å². The second-order valence-corrected chi connectivity index (χ2v) is 6.28. The molecule has 1 aromatic heterocycles. The number of pyridine rings is 1. The molecule has 1 heterocycles. The summed E-state index contributed by atoms with van der Waals surface area (Å²) in [6.45, 7) is 2.09. The Balaban J connectivity index is 1.91. The summed E-state index contributed by atoms with van der Waals surface area (Å²) in [6.07, 6.45) is 3.14. The first-order valence-corrected chi connectivity index (χ1v) is 7.67. The van der Waals surface area contributed by atoms with E-state index in [0.29, 0.717) is 0 Å². The van der Waals surface area contributed by atoms with Gasteiger partial charge in [0.15, 0.2) is 0 Å². The molecule has 1 unspecified atom stereocenters. The molecular weight excluding hydrogens is 316 g/mol. The number of halogens is 1. The van der Waals surface area contributed by atoms with E-state index in [9.17, 15) is 4.79 Å². The van der Waals surface area contributed by atoms with E-state index in [0.717, 1.165) is 35.1 Å². The van der Waals surface area contributed by atoms with Crippen molar-refractivity contribution >= 4 is 21.6 Å². The van der Waals surface area contributed by atoms with Crippen molar-refractivity contribution in [2.75, 3.05) is 5.32 Å². The predicted octanol–water partition coefficient (Wildman–Crippen LogP) is 3.94. The molecule has 0 spiro atoms. The molecule has 1 aliphatic carbocycles. The van der Waals surface area contributed by atoms with Crippen molar-refractivity contribution in [3.8, 4) is 0 Å². The Morgan fingerprint density at radius 1 is 1.30 bits per heavy atom. The Morgan fingerprint density at radius 2 is 2.15 bits per heavy atom. The molecule has 20 heavy (non-hydrogen) atoms. The van der Waals surface area contributed by atoms with Gasteiger partial charge in [0, 0.05) is 21.9 Å². The second-order valence-electron chi connectivity index (χ2n) is 5.36. The molecule has 0 aliphatic heterocycles. The van der Waals surface area contributed by atoms with Gasteiger partial charge in [0.2, 0.25) is 5.56 Å². The molecule has 2 N–H and O–H groups in total. The molecule has 0 saturated heterocycles. The maximum atomic E-state index is 11.4. The maximum absolute atomic E-state index is 11.4. The highest BCUT2D eigenvalue weighted by molar-refractivity contribution is 9.10. The van der Waals surface area contributed by atoms with Crippen molar-refractivity contribution < 1.29 is 0 Å². The van der Waals surface area contributed by atoms with Crippen LogP contribution in [0.2, 0.25) is 0 Å². The molecule has 3 rings (SSSR count). The second kappa shape index (κ2) is 5.44. The van der Waals surface area contributed by atoms with Crippen LogP contribution in [0.5, 0.6) is 0 Å². The third-order valence-corrected chi connectivity index (χ3v) is 4.17. The van der Waals surface area contributed by atoms with Crippen molar-refractivity contribution in [2.45, 2.75) is 32.2 Å². The van der Waals surface area contributed by atoms with Crippen molar-refractivity contribution in [3.63, 3.8) is 0 Å². The molecule has 0 saturated carbocycles. The van der Waals surface area contributed by atoms with E-state index in [2.05, 4.69) is 51.4 Å². The van der Waals surface area contributed by atoms with Gasteiger partial charge >= 0.3 is 0 Å². The molecular formula is C16H17BrN2O. The van der Waals surface area contributed by atoms with E-state index >= 15 is 0 Å². The van der Waals surface area contributed by atoms with Gasteiger partial charge in [-0.15, -0.1) is 0 Å². The largest absolute Gasteiger partial charge is 0.378 e. The Hall–Kier alpha value is -1.55. The molecule has 0 radical (unpaired) electrons. The Morgan fingerprint density at radius 3 is 2.95 bits per heavy atom. The fourth-order valence-electron chi connectivity index (χ4n) is 2.87. The number of benzene rings is 1.